The average Bonchev–Trinajstić information content (AvgIpc) is 2.80. The third-order valence-electron chi connectivity index (χ3n) is 3.11. The third-order valence-corrected chi connectivity index (χ3v) is 4.35. The fraction of sp³-hybridized carbons (Fsp3) is 0.462. The highest BCUT2D eigenvalue weighted by atomic mass is 35.5. The van der Waals surface area contributed by atoms with Gasteiger partial charge in [0.2, 0.25) is 0 Å². The van der Waals surface area contributed by atoms with Crippen molar-refractivity contribution in [1.82, 2.24) is 4.90 Å². The number of hydrogen-bond donors (Lipinski definition) is 1. The van der Waals surface area contributed by atoms with E-state index in [4.69, 9.17) is 16.7 Å². The summed E-state index contributed by atoms with van der Waals surface area (Å²) in [4.78, 5) is 14.3. The average molecular weight is 286 g/mol. The van der Waals surface area contributed by atoms with Crippen LogP contribution < -0.4 is 0 Å². The van der Waals surface area contributed by atoms with Crippen molar-refractivity contribution in [3.63, 3.8) is 0 Å². The molecule has 0 spiro atoms. The van der Waals surface area contributed by atoms with E-state index in [1.165, 1.54) is 4.90 Å². The highest BCUT2D eigenvalue weighted by Crippen LogP contribution is 2.22. The number of nitrogens with zero attached hydrogens (tertiary/aromatic N) is 1. The molecular weight excluding hydrogens is 270 g/mol. The Hall–Kier alpha value is -0.710. The summed E-state index contributed by atoms with van der Waals surface area (Å²) in [5.74, 6) is 0.217. The van der Waals surface area contributed by atoms with E-state index in [0.29, 0.717) is 0 Å². The monoisotopic (exact) mass is 285 g/mol. The lowest BCUT2D eigenvalue weighted by Gasteiger charge is -2.20. The zero-order chi connectivity index (χ0) is 13.0. The molecule has 0 aromatic heterocycles. The Morgan fingerprint density at radius 1 is 1.44 bits per heavy atom. The summed E-state index contributed by atoms with van der Waals surface area (Å²) in [5, 5.41) is 9.81. The van der Waals surface area contributed by atoms with Gasteiger partial charge in [-0.25, -0.2) is 0 Å². The van der Waals surface area contributed by atoms with Crippen LogP contribution in [0, 0.1) is 0 Å². The van der Waals surface area contributed by atoms with Gasteiger partial charge < -0.3 is 5.11 Å². The summed E-state index contributed by atoms with van der Waals surface area (Å²) in [6, 6.07) is 7.45. The molecule has 0 radical (unpaired) electrons. The molecule has 0 saturated carbocycles. The van der Waals surface area contributed by atoms with Gasteiger partial charge in [0, 0.05) is 22.2 Å². The van der Waals surface area contributed by atoms with E-state index in [-0.39, 0.29) is 6.04 Å². The Morgan fingerprint density at radius 3 is 2.83 bits per heavy atom. The number of benzene rings is 1. The second-order valence-corrected chi connectivity index (χ2v) is 5.94. The number of carbonyl (C=O) groups is 1. The van der Waals surface area contributed by atoms with E-state index >= 15 is 0 Å². The Morgan fingerprint density at radius 2 is 2.17 bits per heavy atom. The molecule has 1 aromatic carbocycles. The first-order valence-corrected chi connectivity index (χ1v) is 7.38. The van der Waals surface area contributed by atoms with Gasteiger partial charge in [0.05, 0.1) is 0 Å². The molecule has 1 heterocycles. The summed E-state index contributed by atoms with van der Waals surface area (Å²) in [6.45, 7) is 1.72. The van der Waals surface area contributed by atoms with E-state index in [2.05, 4.69) is 4.90 Å². The van der Waals surface area contributed by atoms with Gasteiger partial charge in [-0.1, -0.05) is 11.6 Å². The maximum Gasteiger partial charge on any atom is 0.320 e. The molecule has 1 N–H and O–H groups in total. The number of aliphatic carboxylic acids is 1. The fourth-order valence-corrected chi connectivity index (χ4v) is 3.20. The predicted octanol–water partition coefficient (Wildman–Crippen LogP) is 2.98. The highest BCUT2D eigenvalue weighted by molar-refractivity contribution is 7.99. The molecule has 1 saturated heterocycles. The van der Waals surface area contributed by atoms with Crippen LogP contribution in [-0.4, -0.2) is 40.9 Å². The molecule has 2 rings (SSSR count). The molecule has 98 valence electrons. The van der Waals surface area contributed by atoms with E-state index in [1.807, 2.05) is 24.3 Å². The van der Waals surface area contributed by atoms with Gasteiger partial charge in [-0.2, -0.15) is 0 Å². The van der Waals surface area contributed by atoms with Gasteiger partial charge in [-0.05, 0) is 43.7 Å². The third kappa shape index (κ3) is 3.64. The van der Waals surface area contributed by atoms with Crippen LogP contribution in [0.1, 0.15) is 12.8 Å². The van der Waals surface area contributed by atoms with Crippen LogP contribution in [0.2, 0.25) is 5.02 Å². The van der Waals surface area contributed by atoms with E-state index in [0.717, 1.165) is 36.7 Å². The van der Waals surface area contributed by atoms with E-state index in [1.54, 1.807) is 11.8 Å². The Balaban J connectivity index is 1.78. The largest absolute Gasteiger partial charge is 0.480 e. The number of likely N-dealkylation sites (tertiary alicyclic amines) is 1. The fourth-order valence-electron chi connectivity index (χ4n) is 2.19. The van der Waals surface area contributed by atoms with Crippen LogP contribution in [-0.2, 0) is 4.79 Å². The van der Waals surface area contributed by atoms with Gasteiger partial charge in [0.25, 0.3) is 0 Å². The Bertz CT molecular complexity index is 410. The normalized spacial score (nSPS) is 20.2. The summed E-state index contributed by atoms with van der Waals surface area (Å²) in [7, 11) is 0. The molecule has 1 aliphatic heterocycles. The van der Waals surface area contributed by atoms with Crippen LogP contribution in [0.4, 0.5) is 0 Å². The smallest absolute Gasteiger partial charge is 0.320 e. The molecule has 1 atom stereocenters. The van der Waals surface area contributed by atoms with Gasteiger partial charge in [-0.15, -0.1) is 11.8 Å². The molecule has 0 unspecified atom stereocenters. The second-order valence-electron chi connectivity index (χ2n) is 4.33. The molecular formula is C13H16ClNO2S. The van der Waals surface area contributed by atoms with Crippen molar-refractivity contribution in [1.29, 1.82) is 0 Å². The van der Waals surface area contributed by atoms with Crippen LogP contribution in [0.5, 0.6) is 0 Å². The maximum atomic E-state index is 11.0. The first-order valence-electron chi connectivity index (χ1n) is 6.02. The molecule has 18 heavy (non-hydrogen) atoms. The Labute approximate surface area is 116 Å². The second kappa shape index (κ2) is 6.45. The molecule has 1 fully saturated rings. The number of carboxylic acids is 1. The summed E-state index contributed by atoms with van der Waals surface area (Å²) < 4.78 is 0. The van der Waals surface area contributed by atoms with Crippen molar-refractivity contribution in [3.8, 4) is 0 Å². The summed E-state index contributed by atoms with van der Waals surface area (Å²) >= 11 is 7.56. The van der Waals surface area contributed by atoms with E-state index in [9.17, 15) is 4.79 Å². The SMILES string of the molecule is O=C(O)[C@H]1CCCN1CCSc1ccc(Cl)cc1. The molecule has 0 amide bonds. The lowest BCUT2D eigenvalue weighted by atomic mass is 10.2. The first-order chi connectivity index (χ1) is 8.66. The number of thioether (sulfide) groups is 1. The van der Waals surface area contributed by atoms with Crippen LogP contribution in [0.15, 0.2) is 29.2 Å². The molecule has 0 aliphatic carbocycles. The van der Waals surface area contributed by atoms with Crippen LogP contribution >= 0.6 is 23.4 Å². The predicted molar refractivity (Wildman–Crippen MR) is 74.4 cm³/mol. The van der Waals surface area contributed by atoms with Gasteiger partial charge in [-0.3, -0.25) is 9.69 Å². The first kappa shape index (κ1) is 13.7. The topological polar surface area (TPSA) is 40.5 Å². The number of hydrogen-bond acceptors (Lipinski definition) is 3. The van der Waals surface area contributed by atoms with Crippen LogP contribution in [0.25, 0.3) is 0 Å². The minimum Gasteiger partial charge on any atom is -0.480 e. The Kier molecular flexibility index (Phi) is 4.92. The zero-order valence-corrected chi connectivity index (χ0v) is 11.6. The zero-order valence-electron chi connectivity index (χ0n) is 10.0. The maximum absolute atomic E-state index is 11.0. The van der Waals surface area contributed by atoms with Gasteiger partial charge in [0.15, 0.2) is 0 Å². The van der Waals surface area contributed by atoms with Crippen molar-refractivity contribution in [2.45, 2.75) is 23.8 Å². The quantitative estimate of drug-likeness (QED) is 0.845. The molecule has 0 bridgehead atoms. The van der Waals surface area contributed by atoms with Crippen LogP contribution in [0.3, 0.4) is 0 Å². The molecule has 3 nitrogen and oxygen atoms in total. The van der Waals surface area contributed by atoms with Crippen molar-refractivity contribution in [3.05, 3.63) is 29.3 Å². The highest BCUT2D eigenvalue weighted by Gasteiger charge is 2.29. The minimum absolute atomic E-state index is 0.282. The number of rotatable bonds is 5. The lowest BCUT2D eigenvalue weighted by molar-refractivity contribution is -0.142. The molecule has 1 aliphatic rings. The van der Waals surface area contributed by atoms with Crippen molar-refractivity contribution >= 4 is 29.3 Å². The van der Waals surface area contributed by atoms with Gasteiger partial charge >= 0.3 is 5.97 Å². The molecule has 1 aromatic rings. The number of halogens is 1. The van der Waals surface area contributed by atoms with Gasteiger partial charge in [0.1, 0.15) is 6.04 Å². The standard InChI is InChI=1S/C13H16ClNO2S/c14-10-3-5-11(6-4-10)18-9-8-15-7-1-2-12(15)13(16)17/h3-6,12H,1-2,7-9H2,(H,16,17)/t12-/m1/s1. The van der Waals surface area contributed by atoms with Crippen molar-refractivity contribution in [2.24, 2.45) is 0 Å². The van der Waals surface area contributed by atoms with Crippen molar-refractivity contribution < 1.29 is 9.90 Å². The van der Waals surface area contributed by atoms with E-state index < -0.39 is 5.97 Å². The summed E-state index contributed by atoms with van der Waals surface area (Å²) in [6.07, 6.45) is 1.77. The lowest BCUT2D eigenvalue weighted by Crippen LogP contribution is -2.37. The minimum atomic E-state index is -0.691. The van der Waals surface area contributed by atoms with Crippen molar-refractivity contribution in [2.75, 3.05) is 18.8 Å². The number of carboxylic acid groups (broad SMARTS) is 1. The summed E-state index contributed by atoms with van der Waals surface area (Å²) in [5.41, 5.74) is 0. The molecule has 5 heteroatoms.